The number of furan rings is 1. The van der Waals surface area contributed by atoms with E-state index in [1.165, 1.54) is 30.5 Å². The van der Waals surface area contributed by atoms with E-state index in [-0.39, 0.29) is 34.0 Å². The monoisotopic (exact) mass is 473 g/mol. The van der Waals surface area contributed by atoms with Crippen molar-refractivity contribution in [3.63, 3.8) is 0 Å². The molecule has 0 spiro atoms. The molecule has 0 atom stereocenters. The van der Waals surface area contributed by atoms with Gasteiger partial charge in [0.1, 0.15) is 12.1 Å². The third-order valence-electron chi connectivity index (χ3n) is 5.02. The number of nitrogens with zero attached hydrogens (tertiary/aromatic N) is 5. The van der Waals surface area contributed by atoms with E-state index in [0.29, 0.717) is 26.2 Å². The Labute approximate surface area is 188 Å². The van der Waals surface area contributed by atoms with E-state index in [1.54, 1.807) is 21.9 Å². The molecular weight excluding hydrogens is 454 g/mol. The summed E-state index contributed by atoms with van der Waals surface area (Å²) in [6.07, 6.45) is 3.65. The second kappa shape index (κ2) is 8.86. The minimum absolute atomic E-state index is 0.0721. The Bertz CT molecular complexity index is 1270. The molecule has 1 saturated heterocycles. The van der Waals surface area contributed by atoms with E-state index in [4.69, 9.17) is 9.15 Å². The molecule has 1 amide bonds. The highest BCUT2D eigenvalue weighted by molar-refractivity contribution is 7.90. The Hall–Kier alpha value is -4.00. The summed E-state index contributed by atoms with van der Waals surface area (Å²) in [6.45, 7) is 1.27. The SMILES string of the molecule is CS(=O)(=O)c1ccc(Oc2ncnc(N3CCN(C(=O)c4ccco4)CC3)c2[N+](=O)[O-])cc1. The van der Waals surface area contributed by atoms with Gasteiger partial charge in [0.15, 0.2) is 15.6 Å². The molecule has 0 unspecified atom stereocenters. The van der Waals surface area contributed by atoms with Gasteiger partial charge in [0.05, 0.1) is 16.1 Å². The Morgan fingerprint density at radius 2 is 1.82 bits per heavy atom. The molecule has 0 N–H and O–H groups in total. The number of benzene rings is 1. The largest absolute Gasteiger partial charge is 0.459 e. The highest BCUT2D eigenvalue weighted by atomic mass is 32.2. The van der Waals surface area contributed by atoms with Crippen LogP contribution < -0.4 is 9.64 Å². The van der Waals surface area contributed by atoms with Crippen molar-refractivity contribution >= 4 is 27.2 Å². The lowest BCUT2D eigenvalue weighted by Crippen LogP contribution is -2.49. The average molecular weight is 473 g/mol. The molecule has 12 nitrogen and oxygen atoms in total. The topological polar surface area (TPSA) is 149 Å². The number of nitro groups is 1. The maximum atomic E-state index is 12.4. The molecule has 172 valence electrons. The number of ether oxygens (including phenoxy) is 1. The van der Waals surface area contributed by atoms with Crippen molar-refractivity contribution in [2.45, 2.75) is 4.90 Å². The van der Waals surface area contributed by atoms with Gasteiger partial charge in [-0.05, 0) is 36.4 Å². The van der Waals surface area contributed by atoms with Crippen molar-refractivity contribution in [3.05, 3.63) is 64.9 Å². The molecule has 0 saturated carbocycles. The third kappa shape index (κ3) is 4.77. The number of carbonyl (C=O) groups excluding carboxylic acids is 1. The fourth-order valence-corrected chi connectivity index (χ4v) is 3.99. The molecule has 3 heterocycles. The maximum absolute atomic E-state index is 12.4. The van der Waals surface area contributed by atoms with Gasteiger partial charge >= 0.3 is 11.6 Å². The number of aromatic nitrogens is 2. The molecule has 1 aliphatic rings. The number of amides is 1. The number of piperazine rings is 1. The van der Waals surface area contributed by atoms with Gasteiger partial charge in [-0.3, -0.25) is 14.9 Å². The summed E-state index contributed by atoms with van der Waals surface area (Å²) in [6, 6.07) is 8.67. The van der Waals surface area contributed by atoms with Crippen LogP contribution in [-0.4, -0.2) is 66.6 Å². The molecule has 13 heteroatoms. The first-order valence-corrected chi connectivity index (χ1v) is 11.7. The van der Waals surface area contributed by atoms with Crippen LogP contribution in [0.25, 0.3) is 0 Å². The summed E-state index contributed by atoms with van der Waals surface area (Å²) in [5, 5.41) is 11.9. The van der Waals surface area contributed by atoms with Crippen molar-refractivity contribution in [1.82, 2.24) is 14.9 Å². The minimum atomic E-state index is -3.39. The Balaban J connectivity index is 1.53. The molecule has 4 rings (SSSR count). The van der Waals surface area contributed by atoms with Gasteiger partial charge in [-0.15, -0.1) is 0 Å². The molecule has 0 radical (unpaired) electrons. The third-order valence-corrected chi connectivity index (χ3v) is 6.15. The number of anilines is 1. The predicted octanol–water partition coefficient (Wildman–Crippen LogP) is 2.14. The molecule has 1 aliphatic heterocycles. The zero-order valence-corrected chi connectivity index (χ0v) is 18.3. The first kappa shape index (κ1) is 22.2. The zero-order valence-electron chi connectivity index (χ0n) is 17.4. The summed E-state index contributed by atoms with van der Waals surface area (Å²) >= 11 is 0. The molecule has 0 aliphatic carbocycles. The lowest BCUT2D eigenvalue weighted by molar-refractivity contribution is -0.385. The van der Waals surface area contributed by atoms with Crippen LogP contribution in [0.2, 0.25) is 0 Å². The Morgan fingerprint density at radius 1 is 1.12 bits per heavy atom. The van der Waals surface area contributed by atoms with Crippen LogP contribution in [0.5, 0.6) is 11.6 Å². The van der Waals surface area contributed by atoms with Crippen LogP contribution >= 0.6 is 0 Å². The van der Waals surface area contributed by atoms with E-state index in [1.807, 2.05) is 0 Å². The summed E-state index contributed by atoms with van der Waals surface area (Å²) in [5.74, 6) is -0.0366. The van der Waals surface area contributed by atoms with Gasteiger partial charge in [-0.2, -0.15) is 4.98 Å². The summed E-state index contributed by atoms with van der Waals surface area (Å²) in [5.41, 5.74) is -0.421. The quantitative estimate of drug-likeness (QED) is 0.385. The van der Waals surface area contributed by atoms with E-state index < -0.39 is 20.4 Å². The van der Waals surface area contributed by atoms with Crippen molar-refractivity contribution in [2.24, 2.45) is 0 Å². The van der Waals surface area contributed by atoms with Crippen molar-refractivity contribution in [3.8, 4) is 11.6 Å². The van der Waals surface area contributed by atoms with Crippen LogP contribution in [0, 0.1) is 10.1 Å². The van der Waals surface area contributed by atoms with Crippen molar-refractivity contribution in [2.75, 3.05) is 37.3 Å². The highest BCUT2D eigenvalue weighted by Gasteiger charge is 2.32. The first-order chi connectivity index (χ1) is 15.7. The predicted molar refractivity (Wildman–Crippen MR) is 115 cm³/mol. The molecule has 2 aromatic heterocycles. The normalized spacial score (nSPS) is 14.2. The van der Waals surface area contributed by atoms with Crippen molar-refractivity contribution < 1.29 is 27.3 Å². The number of rotatable bonds is 6. The molecular formula is C20H19N5O7S. The Kier molecular flexibility index (Phi) is 5.96. The van der Waals surface area contributed by atoms with Crippen molar-refractivity contribution in [1.29, 1.82) is 0 Å². The molecule has 0 bridgehead atoms. The number of hydrogen-bond acceptors (Lipinski definition) is 10. The minimum Gasteiger partial charge on any atom is -0.459 e. The van der Waals surface area contributed by atoms with Gasteiger partial charge in [-0.1, -0.05) is 0 Å². The smallest absolute Gasteiger partial charge is 0.373 e. The molecule has 33 heavy (non-hydrogen) atoms. The average Bonchev–Trinajstić information content (AvgIpc) is 3.33. The van der Waals surface area contributed by atoms with E-state index in [0.717, 1.165) is 12.6 Å². The van der Waals surface area contributed by atoms with Gasteiger partial charge in [0.25, 0.3) is 5.91 Å². The van der Waals surface area contributed by atoms with Gasteiger partial charge < -0.3 is 19.0 Å². The Morgan fingerprint density at radius 3 is 2.39 bits per heavy atom. The van der Waals surface area contributed by atoms with E-state index in [2.05, 4.69) is 9.97 Å². The van der Waals surface area contributed by atoms with Crippen LogP contribution in [0.3, 0.4) is 0 Å². The fourth-order valence-electron chi connectivity index (χ4n) is 3.36. The number of hydrogen-bond donors (Lipinski definition) is 0. The highest BCUT2D eigenvalue weighted by Crippen LogP contribution is 2.36. The van der Waals surface area contributed by atoms with Gasteiger partial charge in [-0.25, -0.2) is 13.4 Å². The van der Waals surface area contributed by atoms with Crippen LogP contribution in [0.15, 0.2) is 58.3 Å². The van der Waals surface area contributed by atoms with E-state index >= 15 is 0 Å². The zero-order chi connectivity index (χ0) is 23.6. The summed E-state index contributed by atoms with van der Waals surface area (Å²) in [4.78, 5) is 35.0. The number of sulfone groups is 1. The van der Waals surface area contributed by atoms with Crippen LogP contribution in [0.4, 0.5) is 11.5 Å². The second-order valence-electron chi connectivity index (χ2n) is 7.21. The van der Waals surface area contributed by atoms with Crippen LogP contribution in [-0.2, 0) is 9.84 Å². The second-order valence-corrected chi connectivity index (χ2v) is 9.23. The maximum Gasteiger partial charge on any atom is 0.373 e. The van der Waals surface area contributed by atoms with E-state index in [9.17, 15) is 23.3 Å². The van der Waals surface area contributed by atoms with Gasteiger partial charge in [0, 0.05) is 32.4 Å². The lowest BCUT2D eigenvalue weighted by Gasteiger charge is -2.34. The lowest BCUT2D eigenvalue weighted by atomic mass is 10.2. The molecule has 3 aromatic rings. The van der Waals surface area contributed by atoms with Gasteiger partial charge in [0.2, 0.25) is 5.82 Å². The molecule has 1 fully saturated rings. The van der Waals surface area contributed by atoms with Crippen LogP contribution in [0.1, 0.15) is 10.6 Å². The fraction of sp³-hybridized carbons (Fsp3) is 0.250. The number of carbonyl (C=O) groups is 1. The summed E-state index contributed by atoms with van der Waals surface area (Å²) < 4.78 is 34.0. The summed E-state index contributed by atoms with van der Waals surface area (Å²) in [7, 11) is -3.39. The standard InChI is InChI=1S/C20H19N5O7S/c1-33(29,30)15-6-4-14(5-7-15)32-19-17(25(27)28)18(21-13-22-19)23-8-10-24(11-9-23)20(26)16-3-2-12-31-16/h2-7,12-13H,8-11H2,1H3. The molecule has 1 aromatic carbocycles. The first-order valence-electron chi connectivity index (χ1n) is 9.79.